The third-order valence-corrected chi connectivity index (χ3v) is 4.88. The van der Waals surface area contributed by atoms with Gasteiger partial charge in [0.05, 0.1) is 17.9 Å². The number of rotatable bonds is 8. The Balaban J connectivity index is 1.51. The van der Waals surface area contributed by atoms with Gasteiger partial charge in [0, 0.05) is 31.7 Å². The van der Waals surface area contributed by atoms with Gasteiger partial charge in [-0.15, -0.1) is 0 Å². The summed E-state index contributed by atoms with van der Waals surface area (Å²) in [6.45, 7) is 4.50. The van der Waals surface area contributed by atoms with E-state index in [4.69, 9.17) is 10.6 Å². The average molecular weight is 397 g/mol. The van der Waals surface area contributed by atoms with E-state index < -0.39 is 0 Å². The quantitative estimate of drug-likeness (QED) is 0.400. The monoisotopic (exact) mass is 397 g/mol. The zero-order chi connectivity index (χ0) is 20.6. The highest BCUT2D eigenvalue weighted by molar-refractivity contribution is 6.05. The van der Waals surface area contributed by atoms with Crippen LogP contribution in [0.3, 0.4) is 0 Å². The highest BCUT2D eigenvalue weighted by Gasteiger charge is 2.15. The van der Waals surface area contributed by atoms with Crippen LogP contribution in [0.1, 0.15) is 15.9 Å². The fourth-order valence-electron chi connectivity index (χ4n) is 2.99. The second-order valence-corrected chi connectivity index (χ2v) is 7.10. The Morgan fingerprint density at radius 2 is 1.83 bits per heavy atom. The largest absolute Gasteiger partial charge is 0.397 e. The van der Waals surface area contributed by atoms with Gasteiger partial charge in [-0.25, -0.2) is 5.06 Å². The number of nitrogens with one attached hydrogen (secondary N) is 1. The van der Waals surface area contributed by atoms with Crippen LogP contribution in [0.25, 0.3) is 0 Å². The number of nitrogens with two attached hydrogens (primary N) is 1. The third kappa shape index (κ3) is 6.02. The summed E-state index contributed by atoms with van der Waals surface area (Å²) in [5.74, 6) is -0.243. The zero-order valence-electron chi connectivity index (χ0n) is 16.6. The number of anilines is 2. The number of benzene rings is 2. The Morgan fingerprint density at radius 1 is 1.14 bits per heavy atom. The molecule has 8 nitrogen and oxygen atoms in total. The first-order valence-corrected chi connectivity index (χ1v) is 9.55. The molecule has 0 unspecified atom stereocenters. The molecule has 8 heteroatoms. The Morgan fingerprint density at radius 3 is 2.48 bits per heavy atom. The van der Waals surface area contributed by atoms with Gasteiger partial charge < -0.3 is 16.0 Å². The fourth-order valence-corrected chi connectivity index (χ4v) is 2.99. The molecule has 2 amide bonds. The van der Waals surface area contributed by atoms with Crippen LogP contribution < -0.4 is 11.1 Å². The van der Waals surface area contributed by atoms with E-state index in [0.29, 0.717) is 36.6 Å². The summed E-state index contributed by atoms with van der Waals surface area (Å²) < 4.78 is 0. The Bertz CT molecular complexity index is 819. The van der Waals surface area contributed by atoms with Crippen molar-refractivity contribution in [3.8, 4) is 0 Å². The smallest absolute Gasteiger partial charge is 0.255 e. The molecule has 154 valence electrons. The van der Waals surface area contributed by atoms with Crippen molar-refractivity contribution < 1.29 is 14.4 Å². The van der Waals surface area contributed by atoms with Gasteiger partial charge in [0.2, 0.25) is 6.41 Å². The van der Waals surface area contributed by atoms with E-state index in [2.05, 4.69) is 22.2 Å². The van der Waals surface area contributed by atoms with Gasteiger partial charge in [-0.2, -0.15) is 0 Å². The number of piperazine rings is 1. The van der Waals surface area contributed by atoms with Crippen molar-refractivity contribution in [1.29, 1.82) is 0 Å². The molecule has 3 N–H and O–H groups in total. The molecule has 2 aromatic carbocycles. The van der Waals surface area contributed by atoms with Crippen LogP contribution in [0.4, 0.5) is 11.4 Å². The van der Waals surface area contributed by atoms with Crippen LogP contribution in [0.5, 0.6) is 0 Å². The third-order valence-electron chi connectivity index (χ3n) is 4.88. The van der Waals surface area contributed by atoms with Crippen molar-refractivity contribution in [2.45, 2.75) is 6.54 Å². The predicted octanol–water partition coefficient (Wildman–Crippen LogP) is 1.62. The van der Waals surface area contributed by atoms with Crippen LogP contribution in [-0.2, 0) is 16.2 Å². The first-order valence-electron chi connectivity index (χ1n) is 9.55. The Kier molecular flexibility index (Phi) is 7.18. The molecule has 0 aromatic heterocycles. The average Bonchev–Trinajstić information content (AvgIpc) is 2.74. The fraction of sp³-hybridized carbons (Fsp3) is 0.333. The number of hydrogen-bond acceptors (Lipinski definition) is 6. The minimum atomic E-state index is -0.243. The van der Waals surface area contributed by atoms with Gasteiger partial charge >= 0.3 is 0 Å². The molecule has 0 saturated carbocycles. The van der Waals surface area contributed by atoms with Crippen LogP contribution in [0, 0.1) is 0 Å². The molecule has 3 rings (SSSR count). The summed E-state index contributed by atoms with van der Waals surface area (Å²) >= 11 is 0. The van der Waals surface area contributed by atoms with E-state index in [9.17, 15) is 9.59 Å². The molecule has 0 bridgehead atoms. The molecule has 0 aliphatic carbocycles. The lowest BCUT2D eigenvalue weighted by molar-refractivity contribution is -0.195. The number of amides is 2. The number of hydroxylamine groups is 2. The summed E-state index contributed by atoms with van der Waals surface area (Å²) in [5.41, 5.74) is 8.32. The summed E-state index contributed by atoms with van der Waals surface area (Å²) in [7, 11) is 2.09. The number of hydrogen-bond donors (Lipinski definition) is 2. The van der Waals surface area contributed by atoms with E-state index >= 15 is 0 Å². The zero-order valence-corrected chi connectivity index (χ0v) is 16.6. The lowest BCUT2D eigenvalue weighted by atomic mass is 10.1. The number of carbonyl (C=O) groups excluding carboxylic acids is 2. The van der Waals surface area contributed by atoms with Crippen molar-refractivity contribution in [1.82, 2.24) is 14.9 Å². The van der Waals surface area contributed by atoms with E-state index in [1.165, 1.54) is 5.06 Å². The van der Waals surface area contributed by atoms with Crippen molar-refractivity contribution in [3.63, 3.8) is 0 Å². The van der Waals surface area contributed by atoms with Gasteiger partial charge in [0.1, 0.15) is 6.73 Å². The SMILES string of the molecule is CN1CCN(CON(C=O)Cc2ccc(C(=O)Nc3ccccc3N)cc2)CC1. The standard InChI is InChI=1S/C21H27N5O3/c1-24-10-12-25(13-11-24)16-29-26(15-27)14-17-6-8-18(9-7-17)21(28)23-20-5-3-2-4-19(20)22/h2-9,15H,10-14,16,22H2,1H3,(H,23,28). The number of nitrogens with zero attached hydrogens (tertiary/aromatic N) is 3. The first kappa shape index (κ1) is 20.8. The second-order valence-electron chi connectivity index (χ2n) is 7.10. The van der Waals surface area contributed by atoms with Crippen molar-refractivity contribution in [3.05, 3.63) is 59.7 Å². The molecule has 1 heterocycles. The maximum atomic E-state index is 12.4. The molecule has 2 aromatic rings. The molecule has 1 saturated heterocycles. The minimum Gasteiger partial charge on any atom is -0.397 e. The normalized spacial score (nSPS) is 15.1. The maximum Gasteiger partial charge on any atom is 0.255 e. The number of nitrogen functional groups attached to an aromatic ring is 1. The predicted molar refractivity (Wildman–Crippen MR) is 112 cm³/mol. The molecule has 0 spiro atoms. The minimum absolute atomic E-state index is 0.243. The van der Waals surface area contributed by atoms with Crippen molar-refractivity contribution in [2.24, 2.45) is 0 Å². The number of carbonyl (C=O) groups is 2. The van der Waals surface area contributed by atoms with Crippen molar-refractivity contribution in [2.75, 3.05) is 51.0 Å². The van der Waals surface area contributed by atoms with Gasteiger partial charge in [0.25, 0.3) is 5.91 Å². The molecule has 0 radical (unpaired) electrons. The topological polar surface area (TPSA) is 91.1 Å². The van der Waals surface area contributed by atoms with Gasteiger partial charge in [0.15, 0.2) is 0 Å². The van der Waals surface area contributed by atoms with E-state index in [1.54, 1.807) is 36.4 Å². The highest BCUT2D eigenvalue weighted by atomic mass is 16.7. The van der Waals surface area contributed by atoms with Crippen LogP contribution in [0.15, 0.2) is 48.5 Å². The van der Waals surface area contributed by atoms with E-state index in [1.807, 2.05) is 12.1 Å². The molecule has 1 aliphatic heterocycles. The van der Waals surface area contributed by atoms with Gasteiger partial charge in [-0.05, 0) is 36.9 Å². The van der Waals surface area contributed by atoms with Gasteiger partial charge in [-0.3, -0.25) is 19.3 Å². The Labute approximate surface area is 170 Å². The maximum absolute atomic E-state index is 12.4. The summed E-state index contributed by atoms with van der Waals surface area (Å²) in [5, 5.41) is 4.07. The van der Waals surface area contributed by atoms with E-state index in [0.717, 1.165) is 31.7 Å². The molecular weight excluding hydrogens is 370 g/mol. The number of para-hydroxylation sites is 2. The summed E-state index contributed by atoms with van der Waals surface area (Å²) in [6.07, 6.45) is 0.675. The first-order chi connectivity index (χ1) is 14.0. The Hall–Kier alpha value is -2.94. The number of likely N-dealkylation sites (N-methyl/N-ethyl adjacent to an activating group) is 1. The van der Waals surface area contributed by atoms with Crippen LogP contribution >= 0.6 is 0 Å². The lowest BCUT2D eigenvalue weighted by Gasteiger charge is -2.32. The second kappa shape index (κ2) is 10.0. The molecule has 1 fully saturated rings. The molecular formula is C21H27N5O3. The van der Waals surface area contributed by atoms with E-state index in [-0.39, 0.29) is 5.91 Å². The lowest BCUT2D eigenvalue weighted by Crippen LogP contribution is -2.46. The van der Waals surface area contributed by atoms with Crippen molar-refractivity contribution >= 4 is 23.7 Å². The van der Waals surface area contributed by atoms with Crippen LogP contribution in [0.2, 0.25) is 0 Å². The highest BCUT2D eigenvalue weighted by Crippen LogP contribution is 2.18. The van der Waals surface area contributed by atoms with Crippen LogP contribution in [-0.4, -0.2) is 67.1 Å². The summed E-state index contributed by atoms with van der Waals surface area (Å²) in [4.78, 5) is 33.8. The molecule has 0 atom stereocenters. The molecule has 29 heavy (non-hydrogen) atoms. The summed E-state index contributed by atoms with van der Waals surface area (Å²) in [6, 6.07) is 14.1. The molecule has 1 aliphatic rings. The van der Waals surface area contributed by atoms with Gasteiger partial charge in [-0.1, -0.05) is 24.3 Å².